The van der Waals surface area contributed by atoms with E-state index in [1.54, 1.807) is 7.11 Å². The Balaban J connectivity index is 1.67. The van der Waals surface area contributed by atoms with Crippen molar-refractivity contribution in [1.82, 2.24) is 5.32 Å². The van der Waals surface area contributed by atoms with Gasteiger partial charge in [-0.25, -0.2) is 0 Å². The minimum atomic E-state index is -0.00971. The van der Waals surface area contributed by atoms with Crippen LogP contribution in [-0.2, 0) is 17.6 Å². The van der Waals surface area contributed by atoms with E-state index >= 15 is 0 Å². The first-order valence-corrected chi connectivity index (χ1v) is 9.26. The third kappa shape index (κ3) is 5.71. The predicted molar refractivity (Wildman–Crippen MR) is 109 cm³/mol. The second-order valence-electron chi connectivity index (χ2n) is 6.58. The van der Waals surface area contributed by atoms with Crippen molar-refractivity contribution in [2.45, 2.75) is 25.3 Å². The third-order valence-electron chi connectivity index (χ3n) is 4.60. The van der Waals surface area contributed by atoms with Crippen LogP contribution < -0.4 is 10.1 Å². The van der Waals surface area contributed by atoms with Gasteiger partial charge in [0, 0.05) is 0 Å². The molecule has 3 aromatic rings. The smallest absolute Gasteiger partial charge is 0.224 e. The third-order valence-corrected chi connectivity index (χ3v) is 4.60. The lowest BCUT2D eigenvalue weighted by molar-refractivity contribution is -0.121. The summed E-state index contributed by atoms with van der Waals surface area (Å²) in [5.74, 6) is 0.786. The SMILES string of the molecule is COc1cccc(CC(=O)NC(CCc2ccccc2)c2ccccc2)c1. The van der Waals surface area contributed by atoms with E-state index in [1.165, 1.54) is 5.56 Å². The fourth-order valence-corrected chi connectivity index (χ4v) is 3.18. The molecule has 138 valence electrons. The molecule has 3 heteroatoms. The van der Waals surface area contributed by atoms with Crippen LogP contribution in [0, 0.1) is 0 Å². The van der Waals surface area contributed by atoms with Gasteiger partial charge in [-0.15, -0.1) is 0 Å². The number of benzene rings is 3. The molecule has 0 aliphatic heterocycles. The Morgan fingerprint density at radius 3 is 2.26 bits per heavy atom. The van der Waals surface area contributed by atoms with Gasteiger partial charge >= 0.3 is 0 Å². The van der Waals surface area contributed by atoms with E-state index in [0.29, 0.717) is 6.42 Å². The van der Waals surface area contributed by atoms with Gasteiger partial charge in [-0.05, 0) is 41.7 Å². The topological polar surface area (TPSA) is 38.3 Å². The van der Waals surface area contributed by atoms with Crippen LogP contribution in [0.25, 0.3) is 0 Å². The van der Waals surface area contributed by atoms with Crippen LogP contribution in [0.5, 0.6) is 5.75 Å². The molecule has 1 unspecified atom stereocenters. The summed E-state index contributed by atoms with van der Waals surface area (Å²) in [5, 5.41) is 3.21. The first kappa shape index (κ1) is 18.7. The Morgan fingerprint density at radius 1 is 0.889 bits per heavy atom. The van der Waals surface area contributed by atoms with Crippen LogP contribution in [0.4, 0.5) is 0 Å². The van der Waals surface area contributed by atoms with Crippen LogP contribution in [0.3, 0.4) is 0 Å². The Morgan fingerprint density at radius 2 is 1.56 bits per heavy atom. The summed E-state index contributed by atoms with van der Waals surface area (Å²) in [7, 11) is 1.63. The van der Waals surface area contributed by atoms with Gasteiger partial charge in [0.15, 0.2) is 0 Å². The minimum absolute atomic E-state index is 0.00971. The summed E-state index contributed by atoms with van der Waals surface area (Å²) < 4.78 is 5.24. The van der Waals surface area contributed by atoms with Gasteiger partial charge in [-0.3, -0.25) is 4.79 Å². The summed E-state index contributed by atoms with van der Waals surface area (Å²) in [5.41, 5.74) is 3.36. The van der Waals surface area contributed by atoms with E-state index in [4.69, 9.17) is 4.74 Å². The molecule has 27 heavy (non-hydrogen) atoms. The van der Waals surface area contributed by atoms with Gasteiger partial charge in [-0.2, -0.15) is 0 Å². The summed E-state index contributed by atoms with van der Waals surface area (Å²) in [6.07, 6.45) is 2.11. The van der Waals surface area contributed by atoms with Crippen molar-refractivity contribution < 1.29 is 9.53 Å². The molecule has 0 spiro atoms. The molecule has 1 atom stereocenters. The van der Waals surface area contributed by atoms with Crippen LogP contribution in [0.1, 0.15) is 29.2 Å². The number of hydrogen-bond acceptors (Lipinski definition) is 2. The molecule has 0 aromatic heterocycles. The number of aryl methyl sites for hydroxylation is 1. The molecule has 3 nitrogen and oxygen atoms in total. The summed E-state index contributed by atoms with van der Waals surface area (Å²) >= 11 is 0. The molecule has 0 fully saturated rings. The van der Waals surface area contributed by atoms with Crippen molar-refractivity contribution in [3.05, 3.63) is 102 Å². The Labute approximate surface area is 161 Å². The number of methoxy groups -OCH3 is 1. The fraction of sp³-hybridized carbons (Fsp3) is 0.208. The summed E-state index contributed by atoms with van der Waals surface area (Å²) in [4.78, 5) is 12.7. The normalized spacial score (nSPS) is 11.6. The second kappa shape index (κ2) is 9.58. The molecule has 0 saturated carbocycles. The van der Waals surface area contributed by atoms with Gasteiger partial charge in [0.1, 0.15) is 5.75 Å². The lowest BCUT2D eigenvalue weighted by Crippen LogP contribution is -2.30. The molecule has 1 N–H and O–H groups in total. The van der Waals surface area contributed by atoms with E-state index in [2.05, 4.69) is 29.6 Å². The van der Waals surface area contributed by atoms with E-state index in [1.807, 2.05) is 60.7 Å². The molecule has 0 heterocycles. The zero-order chi connectivity index (χ0) is 18.9. The number of nitrogens with one attached hydrogen (secondary N) is 1. The van der Waals surface area contributed by atoms with Crippen LogP contribution in [0.15, 0.2) is 84.9 Å². The highest BCUT2D eigenvalue weighted by molar-refractivity contribution is 5.79. The number of hydrogen-bond donors (Lipinski definition) is 1. The molecule has 0 radical (unpaired) electrons. The molecule has 0 bridgehead atoms. The van der Waals surface area contributed by atoms with Gasteiger partial charge in [-0.1, -0.05) is 72.8 Å². The Kier molecular flexibility index (Phi) is 6.64. The number of carbonyl (C=O) groups excluding carboxylic acids is 1. The molecule has 0 aliphatic carbocycles. The molecule has 0 aliphatic rings. The van der Waals surface area contributed by atoms with Gasteiger partial charge in [0.05, 0.1) is 19.6 Å². The van der Waals surface area contributed by atoms with Gasteiger partial charge < -0.3 is 10.1 Å². The summed E-state index contributed by atoms with van der Waals surface area (Å²) in [6, 6.07) is 28.2. The van der Waals surface area contributed by atoms with Crippen molar-refractivity contribution in [3.63, 3.8) is 0 Å². The van der Waals surface area contributed by atoms with Crippen molar-refractivity contribution in [3.8, 4) is 5.75 Å². The number of ether oxygens (including phenoxy) is 1. The molecule has 3 rings (SSSR count). The van der Waals surface area contributed by atoms with E-state index in [-0.39, 0.29) is 11.9 Å². The number of rotatable bonds is 8. The van der Waals surface area contributed by atoms with Crippen molar-refractivity contribution >= 4 is 5.91 Å². The monoisotopic (exact) mass is 359 g/mol. The van der Waals surface area contributed by atoms with Crippen LogP contribution in [0.2, 0.25) is 0 Å². The van der Waals surface area contributed by atoms with E-state index < -0.39 is 0 Å². The average Bonchev–Trinajstić information content (AvgIpc) is 2.72. The first-order chi connectivity index (χ1) is 13.2. The lowest BCUT2D eigenvalue weighted by atomic mass is 9.98. The zero-order valence-electron chi connectivity index (χ0n) is 15.6. The Hall–Kier alpha value is -3.07. The van der Waals surface area contributed by atoms with E-state index in [0.717, 1.165) is 29.7 Å². The largest absolute Gasteiger partial charge is 0.497 e. The molecule has 1 amide bonds. The van der Waals surface area contributed by atoms with Crippen molar-refractivity contribution in [2.24, 2.45) is 0 Å². The average molecular weight is 359 g/mol. The highest BCUT2D eigenvalue weighted by atomic mass is 16.5. The molecular formula is C24H25NO2. The van der Waals surface area contributed by atoms with Crippen molar-refractivity contribution in [1.29, 1.82) is 0 Å². The van der Waals surface area contributed by atoms with Gasteiger partial charge in [0.2, 0.25) is 5.91 Å². The van der Waals surface area contributed by atoms with E-state index in [9.17, 15) is 4.79 Å². The maximum Gasteiger partial charge on any atom is 0.224 e. The second-order valence-corrected chi connectivity index (χ2v) is 6.58. The number of carbonyl (C=O) groups is 1. The minimum Gasteiger partial charge on any atom is -0.497 e. The summed E-state index contributed by atoms with van der Waals surface area (Å²) in [6.45, 7) is 0. The lowest BCUT2D eigenvalue weighted by Gasteiger charge is -2.19. The standard InChI is InChI=1S/C24H25NO2/c1-27-22-14-8-11-20(17-22)18-24(26)25-23(21-12-6-3-7-13-21)16-15-19-9-4-2-5-10-19/h2-14,17,23H,15-16,18H2,1H3,(H,25,26). The zero-order valence-corrected chi connectivity index (χ0v) is 15.6. The highest BCUT2D eigenvalue weighted by Gasteiger charge is 2.15. The Bertz CT molecular complexity index is 847. The molecular weight excluding hydrogens is 334 g/mol. The van der Waals surface area contributed by atoms with Crippen molar-refractivity contribution in [2.75, 3.05) is 7.11 Å². The number of amides is 1. The molecule has 0 saturated heterocycles. The fourth-order valence-electron chi connectivity index (χ4n) is 3.18. The quantitative estimate of drug-likeness (QED) is 0.631. The van der Waals surface area contributed by atoms with Crippen LogP contribution >= 0.6 is 0 Å². The maximum absolute atomic E-state index is 12.7. The highest BCUT2D eigenvalue weighted by Crippen LogP contribution is 2.20. The first-order valence-electron chi connectivity index (χ1n) is 9.26. The predicted octanol–water partition coefficient (Wildman–Crippen LogP) is 4.73. The molecule has 3 aromatic carbocycles. The van der Waals surface area contributed by atoms with Crippen LogP contribution in [-0.4, -0.2) is 13.0 Å². The van der Waals surface area contributed by atoms with Gasteiger partial charge in [0.25, 0.3) is 0 Å². The maximum atomic E-state index is 12.7.